The minimum atomic E-state index is -0.170. The van der Waals surface area contributed by atoms with Gasteiger partial charge in [-0.2, -0.15) is 0 Å². The third-order valence-electron chi connectivity index (χ3n) is 3.22. The molecule has 2 heteroatoms. The van der Waals surface area contributed by atoms with Gasteiger partial charge in [0.15, 0.2) is 0 Å². The van der Waals surface area contributed by atoms with E-state index in [1.165, 1.54) is 17.2 Å². The van der Waals surface area contributed by atoms with Crippen LogP contribution >= 0.6 is 0 Å². The highest BCUT2D eigenvalue weighted by Crippen LogP contribution is 2.23. The molecule has 0 saturated carbocycles. The molecule has 2 aromatic rings. The van der Waals surface area contributed by atoms with Crippen molar-refractivity contribution < 1.29 is 4.39 Å². The summed E-state index contributed by atoms with van der Waals surface area (Å²) in [5, 5.41) is 3.35. The number of hydrogen-bond donors (Lipinski definition) is 1. The fourth-order valence-corrected chi connectivity index (χ4v) is 1.94. The first-order chi connectivity index (χ1) is 8.58. The Balaban J connectivity index is 2.18. The highest BCUT2D eigenvalue weighted by Gasteiger charge is 2.08. The Kier molecular flexibility index (Phi) is 3.66. The minimum Gasteiger partial charge on any atom is -0.378 e. The topological polar surface area (TPSA) is 12.0 Å². The second kappa shape index (κ2) is 5.21. The van der Waals surface area contributed by atoms with Crippen molar-refractivity contribution >= 4 is 5.69 Å². The zero-order valence-electron chi connectivity index (χ0n) is 11.0. The molecule has 0 heterocycles. The zero-order chi connectivity index (χ0) is 13.1. The van der Waals surface area contributed by atoms with Crippen molar-refractivity contribution in [2.45, 2.75) is 26.8 Å². The summed E-state index contributed by atoms with van der Waals surface area (Å²) in [6, 6.07) is 13.7. The van der Waals surface area contributed by atoms with E-state index in [-0.39, 0.29) is 11.9 Å². The van der Waals surface area contributed by atoms with Gasteiger partial charge in [-0.05, 0) is 38.5 Å². The smallest absolute Gasteiger partial charge is 0.128 e. The molecule has 0 amide bonds. The highest BCUT2D eigenvalue weighted by atomic mass is 19.1. The highest BCUT2D eigenvalue weighted by molar-refractivity contribution is 5.52. The van der Waals surface area contributed by atoms with Gasteiger partial charge in [-0.3, -0.25) is 0 Å². The van der Waals surface area contributed by atoms with Gasteiger partial charge in [0.1, 0.15) is 5.82 Å². The summed E-state index contributed by atoms with van der Waals surface area (Å²) in [4.78, 5) is 0. The van der Waals surface area contributed by atoms with Crippen molar-refractivity contribution in [3.05, 3.63) is 65.0 Å². The molecule has 0 saturated heterocycles. The van der Waals surface area contributed by atoms with Crippen LogP contribution < -0.4 is 5.32 Å². The first kappa shape index (κ1) is 12.6. The van der Waals surface area contributed by atoms with E-state index in [1.54, 1.807) is 13.0 Å². The fourth-order valence-electron chi connectivity index (χ4n) is 1.94. The molecule has 0 bridgehead atoms. The first-order valence-electron chi connectivity index (χ1n) is 6.16. The fraction of sp³-hybridized carbons (Fsp3) is 0.250. The van der Waals surface area contributed by atoms with Crippen LogP contribution in [0.15, 0.2) is 42.5 Å². The van der Waals surface area contributed by atoms with Gasteiger partial charge in [-0.25, -0.2) is 4.39 Å². The van der Waals surface area contributed by atoms with E-state index >= 15 is 0 Å². The number of benzene rings is 2. The molecule has 0 aliphatic heterocycles. The summed E-state index contributed by atoms with van der Waals surface area (Å²) in [5.74, 6) is -0.170. The number of rotatable bonds is 3. The number of nitrogens with one attached hydrogen (secondary N) is 1. The average molecular weight is 243 g/mol. The van der Waals surface area contributed by atoms with E-state index in [4.69, 9.17) is 0 Å². The lowest BCUT2D eigenvalue weighted by atomic mass is 10.1. The maximum atomic E-state index is 13.4. The Bertz CT molecular complexity index is 531. The molecule has 2 rings (SSSR count). The third-order valence-corrected chi connectivity index (χ3v) is 3.22. The van der Waals surface area contributed by atoms with Crippen LogP contribution in [0.3, 0.4) is 0 Å². The van der Waals surface area contributed by atoms with Crippen LogP contribution in [-0.2, 0) is 0 Å². The molecule has 0 aliphatic rings. The lowest BCUT2D eigenvalue weighted by molar-refractivity contribution is 0.618. The van der Waals surface area contributed by atoms with Crippen LogP contribution in [0.4, 0.5) is 10.1 Å². The summed E-state index contributed by atoms with van der Waals surface area (Å²) in [6.45, 7) is 5.94. The van der Waals surface area contributed by atoms with E-state index in [0.717, 1.165) is 5.69 Å². The van der Waals surface area contributed by atoms with Crippen molar-refractivity contribution in [1.29, 1.82) is 0 Å². The molecule has 0 aromatic heterocycles. The Morgan fingerprint density at radius 3 is 2.33 bits per heavy atom. The van der Waals surface area contributed by atoms with Crippen molar-refractivity contribution in [3.63, 3.8) is 0 Å². The number of hydrogen-bond acceptors (Lipinski definition) is 1. The van der Waals surface area contributed by atoms with Gasteiger partial charge in [0.05, 0.1) is 0 Å². The maximum Gasteiger partial charge on any atom is 0.128 e. The van der Waals surface area contributed by atoms with E-state index in [9.17, 15) is 4.39 Å². The molecule has 0 fully saturated rings. The average Bonchev–Trinajstić information content (AvgIpc) is 2.36. The van der Waals surface area contributed by atoms with Crippen LogP contribution in [0.2, 0.25) is 0 Å². The Hall–Kier alpha value is -1.83. The number of anilines is 1. The number of halogens is 1. The van der Waals surface area contributed by atoms with Gasteiger partial charge >= 0.3 is 0 Å². The first-order valence-corrected chi connectivity index (χ1v) is 6.16. The standard InChI is InChI=1S/C16H18FN/c1-11-7-9-14(10-8-11)13(3)18-16-6-4-5-15(17)12(16)2/h4-10,13,18H,1-3H3. The van der Waals surface area contributed by atoms with Crippen LogP contribution in [0.5, 0.6) is 0 Å². The Morgan fingerprint density at radius 2 is 1.67 bits per heavy atom. The van der Waals surface area contributed by atoms with Crippen molar-refractivity contribution in [3.8, 4) is 0 Å². The normalized spacial score (nSPS) is 12.2. The molecule has 0 radical (unpaired) electrons. The van der Waals surface area contributed by atoms with Crippen molar-refractivity contribution in [2.75, 3.05) is 5.32 Å². The third kappa shape index (κ3) is 2.70. The van der Waals surface area contributed by atoms with Crippen LogP contribution in [0, 0.1) is 19.7 Å². The minimum absolute atomic E-state index is 0.158. The molecule has 1 atom stereocenters. The molecule has 1 N–H and O–H groups in total. The Labute approximate surface area is 108 Å². The molecule has 1 unspecified atom stereocenters. The predicted octanol–water partition coefficient (Wildman–Crippen LogP) is 4.62. The molecule has 0 aliphatic carbocycles. The number of aryl methyl sites for hydroxylation is 1. The summed E-state index contributed by atoms with van der Waals surface area (Å²) in [5.41, 5.74) is 3.96. The SMILES string of the molecule is Cc1ccc(C(C)Nc2cccc(F)c2C)cc1. The molecule has 1 nitrogen and oxygen atoms in total. The van der Waals surface area contributed by atoms with Crippen molar-refractivity contribution in [2.24, 2.45) is 0 Å². The molecule has 18 heavy (non-hydrogen) atoms. The van der Waals surface area contributed by atoms with Gasteiger partial charge in [-0.15, -0.1) is 0 Å². The van der Waals surface area contributed by atoms with E-state index < -0.39 is 0 Å². The lowest BCUT2D eigenvalue weighted by Gasteiger charge is -2.17. The Morgan fingerprint density at radius 1 is 1.00 bits per heavy atom. The molecule has 94 valence electrons. The summed E-state index contributed by atoms with van der Waals surface area (Å²) < 4.78 is 13.4. The summed E-state index contributed by atoms with van der Waals surface area (Å²) >= 11 is 0. The second-order valence-corrected chi connectivity index (χ2v) is 4.69. The lowest BCUT2D eigenvalue weighted by Crippen LogP contribution is -2.08. The predicted molar refractivity (Wildman–Crippen MR) is 74.4 cm³/mol. The monoisotopic (exact) mass is 243 g/mol. The van der Waals surface area contributed by atoms with Gasteiger partial charge < -0.3 is 5.32 Å². The van der Waals surface area contributed by atoms with Crippen LogP contribution in [0.25, 0.3) is 0 Å². The molecule has 0 spiro atoms. The largest absolute Gasteiger partial charge is 0.378 e. The van der Waals surface area contributed by atoms with Crippen LogP contribution in [0.1, 0.15) is 29.7 Å². The van der Waals surface area contributed by atoms with Gasteiger partial charge in [0.2, 0.25) is 0 Å². The maximum absolute atomic E-state index is 13.4. The molecular formula is C16H18FN. The van der Waals surface area contributed by atoms with Gasteiger partial charge in [0, 0.05) is 17.3 Å². The van der Waals surface area contributed by atoms with Gasteiger partial charge in [-0.1, -0.05) is 35.9 Å². The van der Waals surface area contributed by atoms with E-state index in [0.29, 0.717) is 5.56 Å². The van der Waals surface area contributed by atoms with E-state index in [1.807, 2.05) is 6.07 Å². The van der Waals surface area contributed by atoms with Gasteiger partial charge in [0.25, 0.3) is 0 Å². The van der Waals surface area contributed by atoms with Crippen molar-refractivity contribution in [1.82, 2.24) is 0 Å². The second-order valence-electron chi connectivity index (χ2n) is 4.69. The van der Waals surface area contributed by atoms with Crippen LogP contribution in [-0.4, -0.2) is 0 Å². The quantitative estimate of drug-likeness (QED) is 0.829. The summed E-state index contributed by atoms with van der Waals surface area (Å²) in [6.07, 6.45) is 0. The van der Waals surface area contributed by atoms with E-state index in [2.05, 4.69) is 43.4 Å². The summed E-state index contributed by atoms with van der Waals surface area (Å²) in [7, 11) is 0. The molecule has 2 aromatic carbocycles. The zero-order valence-corrected chi connectivity index (χ0v) is 11.0. The molecular weight excluding hydrogens is 225 g/mol.